The lowest BCUT2D eigenvalue weighted by Crippen LogP contribution is -2.38. The largest absolute Gasteiger partial charge is 0.490 e. The number of nitrogens with one attached hydrogen (secondary N) is 1. The van der Waals surface area contributed by atoms with E-state index in [1.165, 1.54) is 4.88 Å². The maximum absolute atomic E-state index is 12.3. The molecule has 5 N–H and O–H groups in total. The van der Waals surface area contributed by atoms with Gasteiger partial charge in [-0.25, -0.2) is 17.5 Å². The first-order valence-electron chi connectivity index (χ1n) is 12.8. The van der Waals surface area contributed by atoms with Gasteiger partial charge in [0.1, 0.15) is 0 Å². The van der Waals surface area contributed by atoms with E-state index in [2.05, 4.69) is 27.4 Å². The summed E-state index contributed by atoms with van der Waals surface area (Å²) in [5.41, 5.74) is 9.98. The van der Waals surface area contributed by atoms with Gasteiger partial charge >= 0.3 is 12.1 Å². The summed E-state index contributed by atoms with van der Waals surface area (Å²) >= 11 is 1.65. The molecule has 3 heterocycles. The van der Waals surface area contributed by atoms with Crippen molar-refractivity contribution in [2.75, 3.05) is 39.0 Å². The first-order chi connectivity index (χ1) is 19.2. The van der Waals surface area contributed by atoms with Crippen molar-refractivity contribution in [3.8, 4) is 11.1 Å². The van der Waals surface area contributed by atoms with Crippen LogP contribution in [0.5, 0.6) is 0 Å². The average molecular weight is 619 g/mol. The molecule has 15 heteroatoms. The highest BCUT2D eigenvalue weighted by molar-refractivity contribution is 7.89. The van der Waals surface area contributed by atoms with Gasteiger partial charge in [0.25, 0.3) is 5.91 Å². The summed E-state index contributed by atoms with van der Waals surface area (Å²) in [5.74, 6) is -2.91. The Balaban J connectivity index is 0.000000587. The van der Waals surface area contributed by atoms with Gasteiger partial charge in [0.05, 0.1) is 23.4 Å². The molecule has 0 saturated carbocycles. The third kappa shape index (κ3) is 8.07. The van der Waals surface area contributed by atoms with E-state index < -0.39 is 28.1 Å². The number of H-pyrrole nitrogens is 1. The fourth-order valence-corrected chi connectivity index (χ4v) is 6.81. The second-order valence-corrected chi connectivity index (χ2v) is 12.9. The summed E-state index contributed by atoms with van der Waals surface area (Å²) < 4.78 is 57.8. The van der Waals surface area contributed by atoms with Crippen LogP contribution >= 0.6 is 11.3 Å². The lowest BCUT2D eigenvalue weighted by Gasteiger charge is -2.31. The highest BCUT2D eigenvalue weighted by atomic mass is 32.2. The van der Waals surface area contributed by atoms with Crippen LogP contribution < -0.4 is 5.73 Å². The van der Waals surface area contributed by atoms with Crippen molar-refractivity contribution < 1.29 is 41.4 Å². The number of nitrogens with zero attached hydrogens (tertiary/aromatic N) is 2. The lowest BCUT2D eigenvalue weighted by molar-refractivity contribution is -0.192. The minimum atomic E-state index is -5.08. The number of thiophene rings is 1. The number of alkyl halides is 3. The summed E-state index contributed by atoms with van der Waals surface area (Å²) in [4.78, 5) is 27.7. The van der Waals surface area contributed by atoms with Gasteiger partial charge < -0.3 is 20.9 Å². The Hall–Kier alpha value is -2.98. The van der Waals surface area contributed by atoms with Crippen LogP contribution in [0.4, 0.5) is 13.2 Å². The number of carbonyl (C=O) groups excluding carboxylic acids is 1. The number of carboxylic acids is 1. The lowest BCUT2D eigenvalue weighted by atomic mass is 9.88. The van der Waals surface area contributed by atoms with Crippen molar-refractivity contribution in [3.05, 3.63) is 45.8 Å². The number of primary amides is 1. The number of sulfonamides is 1. The van der Waals surface area contributed by atoms with Crippen molar-refractivity contribution in [1.29, 1.82) is 0 Å². The van der Waals surface area contributed by atoms with Crippen molar-refractivity contribution in [1.82, 2.24) is 14.2 Å². The third-order valence-electron chi connectivity index (χ3n) is 6.88. The van der Waals surface area contributed by atoms with Crippen LogP contribution in [0.2, 0.25) is 0 Å². The van der Waals surface area contributed by atoms with Crippen LogP contribution in [0.1, 0.15) is 46.5 Å². The van der Waals surface area contributed by atoms with Gasteiger partial charge in [-0.05, 0) is 73.0 Å². The number of nitrogens with two attached hydrogens (primary N) is 1. The van der Waals surface area contributed by atoms with E-state index in [0.29, 0.717) is 25.2 Å². The molecule has 1 aromatic carbocycles. The molecule has 0 spiro atoms. The van der Waals surface area contributed by atoms with Gasteiger partial charge in [-0.2, -0.15) is 13.2 Å². The average Bonchev–Trinajstić information content (AvgIpc) is 3.55. The van der Waals surface area contributed by atoms with Gasteiger partial charge in [0, 0.05) is 42.6 Å². The normalized spacial score (nSPS) is 15.2. The molecule has 41 heavy (non-hydrogen) atoms. The van der Waals surface area contributed by atoms with E-state index in [9.17, 15) is 26.4 Å². The number of aliphatic hydroxyl groups is 1. The monoisotopic (exact) mass is 618 g/mol. The van der Waals surface area contributed by atoms with Crippen molar-refractivity contribution in [3.63, 3.8) is 0 Å². The third-order valence-corrected chi connectivity index (χ3v) is 9.68. The standard InChI is InChI=1S/C24H32N4O4S2.C2HF3O2/c1-3-34(31,32)28-6-4-16(5-7-28)22-13-26-23-20(22)11-17(12-21(23)24(25)30)18-10-19(33-15-18)14-27(2)8-9-29;3-2(4,5)1(6)7/h10-13,15-16,26,29H,3-9,14H2,1-2H3,(H2,25,30);(H,6,7). The second kappa shape index (κ2) is 13.3. The van der Waals surface area contributed by atoms with E-state index in [4.69, 9.17) is 20.7 Å². The predicted molar refractivity (Wildman–Crippen MR) is 150 cm³/mol. The SMILES string of the molecule is CCS(=O)(=O)N1CCC(c2c[nH]c3c(C(N)=O)cc(-c4csc(CN(C)CCO)c4)cc23)CC1.O=C(O)C(F)(F)F. The Labute approximate surface area is 239 Å². The number of carbonyl (C=O) groups is 2. The second-order valence-electron chi connectivity index (χ2n) is 9.69. The zero-order valence-electron chi connectivity index (χ0n) is 22.6. The van der Waals surface area contributed by atoms with Gasteiger partial charge in [0.2, 0.25) is 10.0 Å². The molecule has 0 aliphatic carbocycles. The number of amides is 1. The van der Waals surface area contributed by atoms with Crippen LogP contribution in [-0.4, -0.2) is 89.9 Å². The van der Waals surface area contributed by atoms with Crippen LogP contribution in [0.3, 0.4) is 0 Å². The number of halogens is 3. The molecular weight excluding hydrogens is 585 g/mol. The number of hydrogen-bond acceptors (Lipinski definition) is 7. The fraction of sp³-hybridized carbons (Fsp3) is 0.462. The molecule has 1 fully saturated rings. The zero-order valence-corrected chi connectivity index (χ0v) is 24.2. The number of aliphatic hydroxyl groups excluding tert-OH is 1. The number of piperidine rings is 1. The molecule has 0 unspecified atom stereocenters. The molecule has 0 bridgehead atoms. The summed E-state index contributed by atoms with van der Waals surface area (Å²) in [6, 6.07) is 6.06. The van der Waals surface area contributed by atoms with Crippen molar-refractivity contribution >= 4 is 44.1 Å². The number of rotatable bonds is 9. The first-order valence-corrected chi connectivity index (χ1v) is 15.3. The minimum Gasteiger partial charge on any atom is -0.475 e. The van der Waals surface area contributed by atoms with Gasteiger partial charge in [-0.3, -0.25) is 9.69 Å². The minimum absolute atomic E-state index is 0.118. The Morgan fingerprint density at radius 2 is 1.83 bits per heavy atom. The number of carboxylic acid groups (broad SMARTS) is 1. The smallest absolute Gasteiger partial charge is 0.475 e. The number of likely N-dealkylation sites (N-methyl/N-ethyl adjacent to an activating group) is 1. The number of benzene rings is 1. The Morgan fingerprint density at radius 1 is 1.20 bits per heavy atom. The molecule has 0 atom stereocenters. The Bertz CT molecular complexity index is 1480. The Kier molecular flexibility index (Phi) is 10.6. The maximum atomic E-state index is 12.3. The molecule has 0 radical (unpaired) electrons. The van der Waals surface area contributed by atoms with Crippen LogP contribution in [0, 0.1) is 0 Å². The predicted octanol–water partition coefficient (Wildman–Crippen LogP) is 3.58. The van der Waals surface area contributed by atoms with Gasteiger partial charge in [-0.1, -0.05) is 0 Å². The van der Waals surface area contributed by atoms with E-state index in [0.717, 1.165) is 47.0 Å². The maximum Gasteiger partial charge on any atom is 0.490 e. The van der Waals surface area contributed by atoms with E-state index in [-0.39, 0.29) is 18.3 Å². The van der Waals surface area contributed by atoms with Gasteiger partial charge in [-0.15, -0.1) is 11.3 Å². The zero-order chi connectivity index (χ0) is 30.5. The van der Waals surface area contributed by atoms with Crippen LogP contribution in [0.25, 0.3) is 22.0 Å². The number of aliphatic carboxylic acids is 1. The Morgan fingerprint density at radius 3 is 2.37 bits per heavy atom. The highest BCUT2D eigenvalue weighted by Crippen LogP contribution is 2.38. The van der Waals surface area contributed by atoms with Crippen LogP contribution in [-0.2, 0) is 21.4 Å². The highest BCUT2D eigenvalue weighted by Gasteiger charge is 2.38. The fourth-order valence-electron chi connectivity index (χ4n) is 4.71. The molecule has 1 aliphatic heterocycles. The molecular formula is C26H33F3N4O6S2. The van der Waals surface area contributed by atoms with Crippen LogP contribution in [0.15, 0.2) is 29.8 Å². The molecule has 3 aromatic rings. The van der Waals surface area contributed by atoms with E-state index in [1.54, 1.807) is 22.6 Å². The number of hydrogen-bond donors (Lipinski definition) is 4. The van der Waals surface area contributed by atoms with Crippen molar-refractivity contribution in [2.45, 2.75) is 38.4 Å². The number of aromatic nitrogens is 1. The molecule has 10 nitrogen and oxygen atoms in total. The number of fused-ring (bicyclic) bond motifs is 1. The topological polar surface area (TPSA) is 157 Å². The molecule has 1 aliphatic rings. The molecule has 1 amide bonds. The summed E-state index contributed by atoms with van der Waals surface area (Å²) in [6.45, 7) is 4.15. The van der Waals surface area contributed by atoms with E-state index >= 15 is 0 Å². The molecule has 226 valence electrons. The molecule has 1 saturated heterocycles. The number of aromatic amines is 1. The van der Waals surface area contributed by atoms with E-state index in [1.807, 2.05) is 19.3 Å². The van der Waals surface area contributed by atoms with Gasteiger partial charge in [0.15, 0.2) is 0 Å². The molecule has 4 rings (SSSR count). The summed E-state index contributed by atoms with van der Waals surface area (Å²) in [5, 5.41) is 19.3. The quantitative estimate of drug-likeness (QED) is 0.286. The summed E-state index contributed by atoms with van der Waals surface area (Å²) in [6.07, 6.45) is -1.66. The molecule has 2 aromatic heterocycles. The first kappa shape index (κ1) is 32.5. The summed E-state index contributed by atoms with van der Waals surface area (Å²) in [7, 11) is -1.21. The van der Waals surface area contributed by atoms with Crippen molar-refractivity contribution in [2.24, 2.45) is 5.73 Å².